The van der Waals surface area contributed by atoms with Gasteiger partial charge in [0.2, 0.25) is 0 Å². The molecule has 0 saturated carbocycles. The molecule has 474 valence electrons. The van der Waals surface area contributed by atoms with Gasteiger partial charge in [-0.15, -0.1) is 0 Å². The zero-order valence-electron chi connectivity index (χ0n) is 53.0. The van der Waals surface area contributed by atoms with E-state index in [0.717, 1.165) is 6.42 Å². The van der Waals surface area contributed by atoms with E-state index in [2.05, 4.69) is 10.0 Å². The fourth-order valence-electron chi connectivity index (χ4n) is 8.97. The molecular weight excluding hydrogens is 1150 g/mol. The first kappa shape index (κ1) is 76.9. The van der Waals surface area contributed by atoms with Crippen LogP contribution in [0.3, 0.4) is 0 Å². The number of ether oxygens (including phenoxy) is 6. The van der Waals surface area contributed by atoms with E-state index >= 15 is 0 Å². The number of rotatable bonds is 3. The maximum Gasteiger partial charge on any atom is 0.410 e. The van der Waals surface area contributed by atoms with Crippen LogP contribution >= 0.6 is 0 Å². The maximum absolute atomic E-state index is 12.1. The molecule has 24 heteroatoms. The molecule has 0 bridgehead atoms. The Kier molecular flexibility index (Phi) is 30.8. The number of azide groups is 1. The van der Waals surface area contributed by atoms with Crippen LogP contribution in [0.15, 0.2) is 35.4 Å². The molecule has 0 spiro atoms. The standard InChI is InChI=1S/C17H23NO4.C10H18N4O2.C10H20N2O2.2C10H19NO3.CH3.Pd/c1-12-10-14(11-18(12)16(20)22-17(2,3)4)21-15(19)13-8-6-5-7-9-13;1-7-5-8(12-13-11)6-14(7)9(15)16-10(2,3)4;1-7-5-8(11)6-12(7)9(13)14-10(2,3)4;2*1-7-5-8(12)6-11(7)9(13)14-10(2,3)4;;/h5-9,12,14H,10-11H2,1-4H3;7-8H,5-6H2,1-4H3;7-8H,5-6,11H2,1-4H3;2*7-8,12H,5-6H2,1-4H3;1H3;/q;;;;;-1;/t12-,14-;3*7-,8+;7-,8-;;/m00000../s1. The minimum atomic E-state index is -0.532. The van der Waals surface area contributed by atoms with E-state index in [0.29, 0.717) is 64.0 Å². The molecule has 5 aliphatic heterocycles. The van der Waals surface area contributed by atoms with Crippen molar-refractivity contribution in [2.24, 2.45) is 10.8 Å². The van der Waals surface area contributed by atoms with Crippen molar-refractivity contribution in [3.8, 4) is 0 Å². The molecule has 82 heavy (non-hydrogen) atoms. The number of carbonyl (C=O) groups is 6. The van der Waals surface area contributed by atoms with Gasteiger partial charge in [-0.2, -0.15) is 0 Å². The monoisotopic (exact) mass is 1250 g/mol. The van der Waals surface area contributed by atoms with Crippen LogP contribution in [0.1, 0.15) is 181 Å². The quantitative estimate of drug-likeness (QED) is 0.0482. The Hall–Kier alpha value is -5.11. The van der Waals surface area contributed by atoms with Crippen LogP contribution < -0.4 is 5.73 Å². The van der Waals surface area contributed by atoms with Gasteiger partial charge in [0.05, 0.1) is 43.4 Å². The van der Waals surface area contributed by atoms with Gasteiger partial charge in [-0.25, -0.2) is 28.8 Å². The second kappa shape index (κ2) is 32.8. The molecule has 0 radical (unpaired) electrons. The number of likely N-dealkylation sites (tertiary alicyclic amines) is 5. The molecule has 0 aromatic heterocycles. The van der Waals surface area contributed by atoms with Gasteiger partial charge in [0, 0.05) is 81.1 Å². The van der Waals surface area contributed by atoms with E-state index in [1.54, 1.807) is 48.8 Å². The summed E-state index contributed by atoms with van der Waals surface area (Å²) in [6.07, 6.45) is 0.735. The number of hydrogen-bond acceptors (Lipinski definition) is 16. The van der Waals surface area contributed by atoms with Gasteiger partial charge < -0.3 is 76.3 Å². The van der Waals surface area contributed by atoms with Crippen LogP contribution in [0.25, 0.3) is 10.4 Å². The minimum Gasteiger partial charge on any atom is -0.457 e. The SMILES string of the molecule is C[C@H]1C[C@@H](N)CN1C(=O)OC(C)(C)C.C[C@H]1C[C@@H](N=[N+]=[N-])CN1C(=O)OC(C)(C)C.C[C@H]1C[C@@H](O)CN1C(=O)OC(C)(C)C.C[C@H]1C[C@H](O)CN1C(=O)OC(C)(C)C.C[C@H]1C[C@H](OC(=O)c2ccccc2)CN1C(=O)OC(C)(C)C.[CH3-].[Pd]. The predicted molar refractivity (Wildman–Crippen MR) is 310 cm³/mol. The number of benzene rings is 1. The van der Waals surface area contributed by atoms with E-state index in [-0.39, 0.29) is 113 Å². The molecule has 1 aromatic rings. The summed E-state index contributed by atoms with van der Waals surface area (Å²) in [4.78, 5) is 81.7. The van der Waals surface area contributed by atoms with Gasteiger partial charge in [-0.3, -0.25) is 0 Å². The van der Waals surface area contributed by atoms with Gasteiger partial charge >= 0.3 is 36.4 Å². The van der Waals surface area contributed by atoms with Crippen LogP contribution in [0.2, 0.25) is 0 Å². The van der Waals surface area contributed by atoms with Gasteiger partial charge in [0.15, 0.2) is 0 Å². The molecule has 5 saturated heterocycles. The summed E-state index contributed by atoms with van der Waals surface area (Å²) in [6.45, 7) is 39.5. The number of nitrogens with zero attached hydrogens (tertiary/aromatic N) is 8. The number of hydrogen-bond donors (Lipinski definition) is 3. The molecule has 5 heterocycles. The Morgan fingerprint density at radius 2 is 0.805 bits per heavy atom. The van der Waals surface area contributed by atoms with E-state index in [4.69, 9.17) is 39.7 Å². The largest absolute Gasteiger partial charge is 0.457 e. The van der Waals surface area contributed by atoms with Crippen molar-refractivity contribution in [3.63, 3.8) is 0 Å². The van der Waals surface area contributed by atoms with Crippen molar-refractivity contribution in [2.75, 3.05) is 32.7 Å². The van der Waals surface area contributed by atoms with E-state index in [1.165, 1.54) is 0 Å². The summed E-state index contributed by atoms with van der Waals surface area (Å²) >= 11 is 0. The molecule has 4 N–H and O–H groups in total. The second-order valence-corrected chi connectivity index (χ2v) is 26.4. The summed E-state index contributed by atoms with van der Waals surface area (Å²) in [6, 6.07) is 9.21. The number of nitrogens with two attached hydrogens (primary N) is 1. The molecule has 5 fully saturated rings. The third kappa shape index (κ3) is 28.9. The van der Waals surface area contributed by atoms with Gasteiger partial charge in [-0.1, -0.05) is 23.3 Å². The first-order chi connectivity index (χ1) is 36.5. The van der Waals surface area contributed by atoms with E-state index < -0.39 is 40.2 Å². The summed E-state index contributed by atoms with van der Waals surface area (Å²) < 4.78 is 31.8. The average molecular weight is 1260 g/mol. The minimum absolute atomic E-state index is 0. The van der Waals surface area contributed by atoms with Gasteiger partial charge in [-0.05, 0) is 182 Å². The smallest absolute Gasteiger partial charge is 0.410 e. The number of aliphatic hydroxyl groups excluding tert-OH is 2. The maximum atomic E-state index is 12.1. The average Bonchev–Trinajstić information content (AvgIpc) is 4.10. The normalized spacial score (nSPS) is 25.0. The fourth-order valence-corrected chi connectivity index (χ4v) is 8.97. The molecule has 10 atom stereocenters. The topological polar surface area (TPSA) is 289 Å². The second-order valence-electron chi connectivity index (χ2n) is 26.4. The van der Waals surface area contributed by atoms with Crippen molar-refractivity contribution in [2.45, 2.75) is 259 Å². The molecule has 6 rings (SSSR count). The molecule has 0 aliphatic carbocycles. The Morgan fingerprint density at radius 3 is 1.11 bits per heavy atom. The Labute approximate surface area is 503 Å². The molecule has 5 aliphatic rings. The third-order valence-electron chi connectivity index (χ3n) is 12.4. The molecular formula is C58H102N9O14Pd-. The summed E-state index contributed by atoms with van der Waals surface area (Å²) in [5.41, 5.74) is 12.2. The molecule has 1 aromatic carbocycles. The Bertz CT molecular complexity index is 2110. The third-order valence-corrected chi connectivity index (χ3v) is 12.4. The van der Waals surface area contributed by atoms with E-state index in [9.17, 15) is 39.0 Å². The van der Waals surface area contributed by atoms with Crippen LogP contribution in [-0.4, -0.2) is 192 Å². The molecule has 23 nitrogen and oxygen atoms in total. The van der Waals surface area contributed by atoms with Crippen molar-refractivity contribution in [3.05, 3.63) is 53.8 Å². The first-order valence-electron chi connectivity index (χ1n) is 27.9. The van der Waals surface area contributed by atoms with Crippen molar-refractivity contribution in [1.29, 1.82) is 0 Å². The van der Waals surface area contributed by atoms with Crippen molar-refractivity contribution >= 4 is 36.4 Å². The fraction of sp³-hybridized carbons (Fsp3) is 0.776. The van der Waals surface area contributed by atoms with Gasteiger partial charge in [0.25, 0.3) is 0 Å². The molecule has 0 unspecified atom stereocenters. The van der Waals surface area contributed by atoms with Crippen LogP contribution in [0, 0.1) is 7.43 Å². The number of carbonyl (C=O) groups excluding carboxylic acids is 6. The Morgan fingerprint density at radius 1 is 0.500 bits per heavy atom. The summed E-state index contributed by atoms with van der Waals surface area (Å²) in [5.74, 6) is -0.358. The summed E-state index contributed by atoms with van der Waals surface area (Å²) in [7, 11) is 0. The van der Waals surface area contributed by atoms with E-state index in [1.807, 2.05) is 145 Å². The van der Waals surface area contributed by atoms with Crippen LogP contribution in [-0.2, 0) is 48.8 Å². The van der Waals surface area contributed by atoms with Crippen molar-refractivity contribution in [1.82, 2.24) is 24.5 Å². The zero-order valence-corrected chi connectivity index (χ0v) is 54.6. The van der Waals surface area contributed by atoms with Crippen LogP contribution in [0.4, 0.5) is 24.0 Å². The first-order valence-corrected chi connectivity index (χ1v) is 27.9. The molecule has 5 amide bonds. The predicted octanol–water partition coefficient (Wildman–Crippen LogP) is 10.5. The summed E-state index contributed by atoms with van der Waals surface area (Å²) in [5, 5.41) is 22.4. The Balaban J connectivity index is 0.00000101. The number of β-amino-alcohol motifs (C(OH)–C–C–N with tert-alkyl or cyclic N) is 2. The van der Waals surface area contributed by atoms with Gasteiger partial charge in [0.1, 0.15) is 34.1 Å². The number of aliphatic hydroxyl groups is 2. The zero-order chi connectivity index (χ0) is 61.5. The number of amides is 5. The van der Waals surface area contributed by atoms with Crippen molar-refractivity contribution < 1.29 is 87.8 Å². The number of esters is 1. The van der Waals surface area contributed by atoms with Crippen LogP contribution in [0.5, 0.6) is 0 Å².